The van der Waals surface area contributed by atoms with Crippen LogP contribution in [-0.2, 0) is 24.0 Å². The number of hydrogen-bond acceptors (Lipinski definition) is 13. The number of nitrogens with zero attached hydrogens (tertiary/aromatic N) is 8. The highest BCUT2D eigenvalue weighted by Crippen LogP contribution is 2.56. The first-order valence-electron chi connectivity index (χ1n) is 51.3. The molecule has 8 heterocycles. The first-order chi connectivity index (χ1) is 64.8. The van der Waals surface area contributed by atoms with Gasteiger partial charge in [-0.15, -0.1) is 0 Å². The minimum Gasteiger partial charge on any atom is -0.299 e. The molecule has 136 heavy (non-hydrogen) atoms. The van der Waals surface area contributed by atoms with Gasteiger partial charge in [0, 0.05) is 141 Å². The summed E-state index contributed by atoms with van der Waals surface area (Å²) in [5, 5.41) is 4.68. The van der Waals surface area contributed by atoms with Gasteiger partial charge in [0.1, 0.15) is 52.2 Å². The number of ketones is 5. The van der Waals surface area contributed by atoms with E-state index in [1.807, 2.05) is 43.1 Å². The summed E-state index contributed by atoms with van der Waals surface area (Å²) in [5.41, 5.74) is 12.6. The fourth-order valence-corrected chi connectivity index (χ4v) is 25.8. The molecule has 0 spiro atoms. The van der Waals surface area contributed by atoms with Crippen LogP contribution in [0, 0.1) is 141 Å². The van der Waals surface area contributed by atoms with Crippen molar-refractivity contribution in [2.75, 3.05) is 45.8 Å². The van der Waals surface area contributed by atoms with Gasteiger partial charge in [-0.1, -0.05) is 102 Å². The molecular weight excluding hydrogens is 1700 g/mol. The standard InChI is InChI=1S/C25H30FNO.C24H31FN2O.C24H28FNO.C23H29FN2O.C22H27FN2O/c1-15(24(28)14-25(2,3)4)16-9-17-11-19(12-18(17)10-16)21-7-8-27-23-6-5-20(26)13-22(21)23;1-15(2)9-23(28)24(3,4)27-13-17-10-16(11-18(17)14-27)20-7-8-26-22-6-5-19(25)12-21(20)22;1-14(2)8-24(27)15(3)16-9-17-11-19(12-18(17)10-16)21-6-7-26-23-5-4-20(25)13-22(21)23;1-14(2)8-23(27)15(3)26-12-17-9-16(10-18(17)13-26)20-6-7-25-22-5-4-19(24)11-21(20)22;1-14(2)7-19(26)13-25-11-16-8-15(9-17(16)12-25)20-5-6-24-22-4-3-18(23)10-21(20)22/h5-8,11,13,15-18H,9-10,12,14H2,1-4H3;5-8,12,15-18H,9-11,13-14H2,1-4H3;4-7,11,13-18H,8-10,12H2,1-3H3;4-7,11,14-18H,8-10,12-13H2,1-3H3;3-6,10,14-17H,7-9,11-13H2,1-2H3/t15?,16-,17-,18+;16?,17-,18+;15?,16-,17+,18-;15?,16?,17-,18+;15?,16-,17+/m0.1../s1. The van der Waals surface area contributed by atoms with Gasteiger partial charge in [-0.3, -0.25) is 63.6 Å². The van der Waals surface area contributed by atoms with E-state index in [9.17, 15) is 45.9 Å². The van der Waals surface area contributed by atoms with E-state index < -0.39 is 0 Å². The largest absolute Gasteiger partial charge is 0.299 e. The zero-order valence-corrected chi connectivity index (χ0v) is 83.3. The highest BCUT2D eigenvalue weighted by molar-refractivity contribution is 5.94. The molecule has 722 valence electrons. The van der Waals surface area contributed by atoms with Gasteiger partial charge in [-0.2, -0.15) is 0 Å². The number of aromatic nitrogens is 5. The summed E-state index contributed by atoms with van der Waals surface area (Å²) in [6.45, 7) is 40.5. The van der Waals surface area contributed by atoms with Crippen molar-refractivity contribution in [3.05, 3.63) is 221 Å². The van der Waals surface area contributed by atoms with Crippen LogP contribution in [0.2, 0.25) is 0 Å². The first kappa shape index (κ1) is 99.5. The minimum atomic E-state index is -0.378. The van der Waals surface area contributed by atoms with Crippen LogP contribution in [0.15, 0.2) is 164 Å². The predicted octanol–water partition coefficient (Wildman–Crippen LogP) is 26.9. The lowest BCUT2D eigenvalue weighted by molar-refractivity contribution is -0.130. The van der Waals surface area contributed by atoms with Crippen molar-refractivity contribution in [2.45, 2.75) is 249 Å². The smallest absolute Gasteiger partial charge is 0.152 e. The second kappa shape index (κ2) is 42.3. The zero-order chi connectivity index (χ0) is 96.6. The summed E-state index contributed by atoms with van der Waals surface area (Å²) in [7, 11) is 0. The van der Waals surface area contributed by atoms with Gasteiger partial charge in [0.15, 0.2) is 5.78 Å². The molecule has 13 nitrogen and oxygen atoms in total. The summed E-state index contributed by atoms with van der Waals surface area (Å²) in [6.07, 6.45) is 30.6. The molecule has 0 radical (unpaired) electrons. The third-order valence-electron chi connectivity index (χ3n) is 32.8. The molecular formula is C118H145F5N8O5. The Morgan fingerprint density at radius 2 is 0.691 bits per heavy atom. The highest BCUT2D eigenvalue weighted by Gasteiger charge is 2.50. The maximum Gasteiger partial charge on any atom is 0.152 e. The number of pyridine rings is 5. The van der Waals surface area contributed by atoms with Crippen LogP contribution < -0.4 is 0 Å². The molecule has 3 saturated heterocycles. The van der Waals surface area contributed by atoms with Gasteiger partial charge in [-0.05, 0) is 376 Å². The van der Waals surface area contributed by atoms with E-state index in [-0.39, 0.29) is 57.9 Å². The van der Waals surface area contributed by atoms with Crippen LogP contribution in [0.5, 0.6) is 0 Å². The van der Waals surface area contributed by atoms with E-state index in [0.717, 1.165) is 182 Å². The molecule has 0 amide bonds. The second-order valence-corrected chi connectivity index (χ2v) is 46.2. The van der Waals surface area contributed by atoms with Crippen LogP contribution in [-0.4, -0.2) is 126 Å². The van der Waals surface area contributed by atoms with E-state index in [4.69, 9.17) is 0 Å². The molecule has 5 aromatic carbocycles. The Hall–Kier alpha value is -9.49. The number of rotatable bonds is 24. The number of fused-ring (bicyclic) bond motifs is 10. The molecule has 5 aromatic heterocycles. The Morgan fingerprint density at radius 1 is 0.360 bits per heavy atom. The van der Waals surface area contributed by atoms with Gasteiger partial charge >= 0.3 is 0 Å². The van der Waals surface area contributed by atoms with Crippen LogP contribution in [0.1, 0.15) is 266 Å². The second-order valence-electron chi connectivity index (χ2n) is 46.2. The van der Waals surface area contributed by atoms with E-state index in [1.54, 1.807) is 60.7 Å². The zero-order valence-electron chi connectivity index (χ0n) is 83.3. The molecule has 3 aliphatic heterocycles. The van der Waals surface area contributed by atoms with Gasteiger partial charge < -0.3 is 0 Å². The number of carbonyl (C=O) groups is 5. The quantitative estimate of drug-likeness (QED) is 0.0527. The summed E-state index contributed by atoms with van der Waals surface area (Å²) in [4.78, 5) is 91.5. The molecule has 0 N–H and O–H groups in total. The number of allylic oxidation sites excluding steroid dienone is 4. The molecule has 10 aromatic rings. The van der Waals surface area contributed by atoms with Crippen molar-refractivity contribution in [3.8, 4) is 0 Å². The molecule has 18 heteroatoms. The number of carbonyl (C=O) groups excluding carboxylic acids is 5. The van der Waals surface area contributed by atoms with Crippen molar-refractivity contribution in [3.63, 3.8) is 0 Å². The van der Waals surface area contributed by atoms with Gasteiger partial charge in [0.2, 0.25) is 0 Å². The maximum absolute atomic E-state index is 13.8. The van der Waals surface area contributed by atoms with Crippen LogP contribution in [0.3, 0.4) is 0 Å². The van der Waals surface area contributed by atoms with Crippen molar-refractivity contribution in [2.24, 2.45) is 112 Å². The molecule has 7 aliphatic carbocycles. The average Bonchev–Trinajstić information content (AvgIpc) is 1.64. The Balaban J connectivity index is 0.000000123. The molecule has 10 aliphatic rings. The average molecular weight is 1850 g/mol. The molecule has 8 fully saturated rings. The van der Waals surface area contributed by atoms with Crippen LogP contribution in [0.4, 0.5) is 22.0 Å². The number of benzene rings is 5. The summed E-state index contributed by atoms with van der Waals surface area (Å²) in [6, 6.07) is 34.6. The minimum absolute atomic E-state index is 0.0345. The monoisotopic (exact) mass is 1850 g/mol. The number of likely N-dealkylation sites (tertiary alicyclic amines) is 3. The summed E-state index contributed by atoms with van der Waals surface area (Å²) >= 11 is 0. The summed E-state index contributed by atoms with van der Waals surface area (Å²) in [5.74, 6) is 11.5. The molecule has 20 rings (SSSR count). The van der Waals surface area contributed by atoms with Crippen LogP contribution in [0.25, 0.3) is 65.7 Å². The van der Waals surface area contributed by atoms with E-state index in [1.165, 1.54) is 58.2 Å². The Kier molecular flexibility index (Phi) is 30.9. The Bertz CT molecular complexity index is 6050. The van der Waals surface area contributed by atoms with Crippen LogP contribution >= 0.6 is 0 Å². The van der Waals surface area contributed by atoms with E-state index in [2.05, 4.69) is 181 Å². The fourth-order valence-electron chi connectivity index (χ4n) is 25.8. The molecule has 5 saturated carbocycles. The topological polar surface area (TPSA) is 160 Å². The molecule has 0 bridgehead atoms. The number of Topliss-reactive ketones (excluding diaryl/α,β-unsaturated/α-hetero) is 5. The van der Waals surface area contributed by atoms with Crippen molar-refractivity contribution < 1.29 is 45.9 Å². The molecule has 6 unspecified atom stereocenters. The maximum atomic E-state index is 13.8. The Labute approximate surface area is 803 Å². The van der Waals surface area contributed by atoms with Crippen molar-refractivity contribution in [1.29, 1.82) is 0 Å². The van der Waals surface area contributed by atoms with Gasteiger partial charge in [0.05, 0.1) is 45.7 Å². The highest BCUT2D eigenvalue weighted by atomic mass is 19.1. The lowest BCUT2D eigenvalue weighted by Crippen LogP contribution is -2.49. The van der Waals surface area contributed by atoms with Gasteiger partial charge in [0.25, 0.3) is 0 Å². The number of halogens is 5. The van der Waals surface area contributed by atoms with Gasteiger partial charge in [-0.25, -0.2) is 22.0 Å². The molecule has 18 atom stereocenters. The van der Waals surface area contributed by atoms with Crippen molar-refractivity contribution in [1.82, 2.24) is 39.6 Å². The summed E-state index contributed by atoms with van der Waals surface area (Å²) < 4.78 is 68.9. The number of hydrogen-bond donors (Lipinski definition) is 0. The SMILES string of the molecule is CC(C(=O)CC(C)(C)C)[C@@H]1C[C@@H]2CC(c3ccnc4ccc(F)cc34)=C[C@@H]2C1.CC(C)CC(=O)C(C)(C)N1C[C@H]2CC(c3ccnc4ccc(F)cc34)C[C@H]2C1.CC(C)CC(=O)C(C)N1C[C@H]2CC(c3ccnc4ccc(F)cc34)C[C@H]2C1.CC(C)CC(=O)C(C)[C@H]1C[C@@H]2CC(c3ccnc4ccc(F)cc34)=C[C@@H]2C1.CC(C)CC(=O)CN1C[C@H]2CC(c3ccnc4ccc(F)cc34)C[C@H]2C1. The lowest BCUT2D eigenvalue weighted by Gasteiger charge is -2.35. The van der Waals surface area contributed by atoms with Crippen molar-refractivity contribution >= 4 is 94.6 Å². The predicted molar refractivity (Wildman–Crippen MR) is 538 cm³/mol. The first-order valence-corrected chi connectivity index (χ1v) is 51.3. The Morgan fingerprint density at radius 3 is 1.05 bits per heavy atom. The fraction of sp³-hybridized carbons (Fsp3) is 0.542. The normalized spacial score (nSPS) is 25.9. The van der Waals surface area contributed by atoms with E-state index >= 15 is 0 Å². The third-order valence-corrected chi connectivity index (χ3v) is 32.8. The van der Waals surface area contributed by atoms with E-state index in [0.29, 0.717) is 180 Å². The third kappa shape index (κ3) is 23.1. The lowest BCUT2D eigenvalue weighted by atomic mass is 9.80.